The van der Waals surface area contributed by atoms with E-state index in [0.717, 1.165) is 30.8 Å². The molecular formula is C18H22N2O. The molecule has 0 N–H and O–H groups in total. The van der Waals surface area contributed by atoms with E-state index >= 15 is 0 Å². The fourth-order valence-corrected chi connectivity index (χ4v) is 1.94. The van der Waals surface area contributed by atoms with Gasteiger partial charge in [0.1, 0.15) is 5.75 Å². The van der Waals surface area contributed by atoms with Crippen LogP contribution >= 0.6 is 0 Å². The van der Waals surface area contributed by atoms with E-state index in [1.54, 1.807) is 5.01 Å². The van der Waals surface area contributed by atoms with Crippen LogP contribution in [0.25, 0.3) is 0 Å². The largest absolute Gasteiger partial charge is 0.494 e. The highest BCUT2D eigenvalue weighted by molar-refractivity contribution is 5.79. The molecule has 0 amide bonds. The van der Waals surface area contributed by atoms with E-state index in [-0.39, 0.29) is 0 Å². The first-order valence-corrected chi connectivity index (χ1v) is 7.22. The minimum atomic E-state index is 0.736. The minimum Gasteiger partial charge on any atom is -0.494 e. The number of hydrogen-bond acceptors (Lipinski definition) is 3. The summed E-state index contributed by atoms with van der Waals surface area (Å²) in [6.07, 6.45) is 3.90. The molecule has 0 saturated heterocycles. The summed E-state index contributed by atoms with van der Waals surface area (Å²) >= 11 is 0. The quantitative estimate of drug-likeness (QED) is 0.440. The number of rotatable bonds is 7. The van der Waals surface area contributed by atoms with Gasteiger partial charge < -0.3 is 9.75 Å². The lowest BCUT2D eigenvalue weighted by Gasteiger charge is -2.07. The van der Waals surface area contributed by atoms with Gasteiger partial charge in [0.05, 0.1) is 12.8 Å². The molecule has 0 saturated carbocycles. The van der Waals surface area contributed by atoms with E-state index in [2.05, 4.69) is 29.4 Å². The Kier molecular flexibility index (Phi) is 5.83. The molecule has 110 valence electrons. The summed E-state index contributed by atoms with van der Waals surface area (Å²) in [5.74, 6) is 0.907. The van der Waals surface area contributed by atoms with E-state index in [1.165, 1.54) is 5.56 Å². The van der Waals surface area contributed by atoms with Crippen molar-refractivity contribution in [3.05, 3.63) is 65.7 Å². The first-order chi connectivity index (χ1) is 10.2. The molecular weight excluding hydrogens is 260 g/mol. The molecule has 21 heavy (non-hydrogen) atoms. The van der Waals surface area contributed by atoms with Crippen LogP contribution in [-0.4, -0.2) is 31.9 Å². The van der Waals surface area contributed by atoms with E-state index in [0.29, 0.717) is 0 Å². The first kappa shape index (κ1) is 15.1. The van der Waals surface area contributed by atoms with Crippen molar-refractivity contribution in [3.63, 3.8) is 0 Å². The van der Waals surface area contributed by atoms with Gasteiger partial charge in [-0.15, -0.1) is 0 Å². The van der Waals surface area contributed by atoms with Crippen molar-refractivity contribution in [1.29, 1.82) is 0 Å². The molecule has 0 unspecified atom stereocenters. The molecule has 2 rings (SSSR count). The zero-order chi connectivity index (χ0) is 14.9. The Morgan fingerprint density at radius 2 is 1.71 bits per heavy atom. The van der Waals surface area contributed by atoms with E-state index in [4.69, 9.17) is 4.74 Å². The summed E-state index contributed by atoms with van der Waals surface area (Å²) in [7, 11) is 3.81. The van der Waals surface area contributed by atoms with Gasteiger partial charge in [0, 0.05) is 14.1 Å². The van der Waals surface area contributed by atoms with Crippen LogP contribution in [0.15, 0.2) is 59.7 Å². The third-order valence-corrected chi connectivity index (χ3v) is 3.04. The van der Waals surface area contributed by atoms with Gasteiger partial charge in [-0.25, -0.2) is 0 Å². The van der Waals surface area contributed by atoms with Crippen molar-refractivity contribution in [2.45, 2.75) is 12.8 Å². The van der Waals surface area contributed by atoms with Crippen LogP contribution in [0.4, 0.5) is 0 Å². The van der Waals surface area contributed by atoms with E-state index in [1.807, 2.05) is 50.6 Å². The molecule has 0 aliphatic rings. The van der Waals surface area contributed by atoms with Gasteiger partial charge in [0.25, 0.3) is 0 Å². The van der Waals surface area contributed by atoms with Crippen LogP contribution in [-0.2, 0) is 6.42 Å². The Morgan fingerprint density at radius 3 is 2.38 bits per heavy atom. The van der Waals surface area contributed by atoms with Gasteiger partial charge in [0.15, 0.2) is 0 Å². The summed E-state index contributed by atoms with van der Waals surface area (Å²) in [6.45, 7) is 0.736. The molecule has 2 aromatic rings. The Morgan fingerprint density at radius 1 is 1.00 bits per heavy atom. The summed E-state index contributed by atoms with van der Waals surface area (Å²) in [5, 5.41) is 5.97. The van der Waals surface area contributed by atoms with Crippen molar-refractivity contribution in [2.75, 3.05) is 20.7 Å². The zero-order valence-corrected chi connectivity index (χ0v) is 12.7. The molecule has 3 heteroatoms. The summed E-state index contributed by atoms with van der Waals surface area (Å²) in [4.78, 5) is 0. The lowest BCUT2D eigenvalue weighted by Crippen LogP contribution is -2.02. The zero-order valence-electron chi connectivity index (χ0n) is 12.7. The summed E-state index contributed by atoms with van der Waals surface area (Å²) in [5.41, 5.74) is 2.43. The van der Waals surface area contributed by atoms with Crippen LogP contribution in [0, 0.1) is 0 Å². The third kappa shape index (κ3) is 5.69. The van der Waals surface area contributed by atoms with Gasteiger partial charge in [-0.05, 0) is 48.2 Å². The van der Waals surface area contributed by atoms with Crippen molar-refractivity contribution >= 4 is 6.21 Å². The maximum atomic E-state index is 5.75. The Labute approximate surface area is 126 Å². The molecule has 0 heterocycles. The Bertz CT molecular complexity index is 547. The Hall–Kier alpha value is -2.29. The third-order valence-electron chi connectivity index (χ3n) is 3.04. The van der Waals surface area contributed by atoms with Gasteiger partial charge in [-0.2, -0.15) is 5.10 Å². The van der Waals surface area contributed by atoms with Crippen LogP contribution in [0.1, 0.15) is 17.5 Å². The molecule has 0 fully saturated rings. The first-order valence-electron chi connectivity index (χ1n) is 7.22. The summed E-state index contributed by atoms with van der Waals surface area (Å²) < 4.78 is 5.75. The molecule has 3 nitrogen and oxygen atoms in total. The van der Waals surface area contributed by atoms with Crippen LogP contribution in [0.2, 0.25) is 0 Å². The van der Waals surface area contributed by atoms with Crippen LogP contribution in [0.5, 0.6) is 5.75 Å². The van der Waals surface area contributed by atoms with Crippen molar-refractivity contribution < 1.29 is 4.74 Å². The molecule has 0 atom stereocenters. The molecule has 2 aromatic carbocycles. The highest BCUT2D eigenvalue weighted by Gasteiger charge is 1.96. The summed E-state index contributed by atoms with van der Waals surface area (Å²) in [6, 6.07) is 18.5. The molecule has 0 aliphatic heterocycles. The van der Waals surface area contributed by atoms with E-state index in [9.17, 15) is 0 Å². The predicted octanol–water partition coefficient (Wildman–Crippen LogP) is 3.59. The second-order valence-corrected chi connectivity index (χ2v) is 5.10. The SMILES string of the molecule is CN(C)/N=C/c1ccc(OCCCc2ccccc2)cc1. The predicted molar refractivity (Wildman–Crippen MR) is 88.0 cm³/mol. The molecule has 0 aliphatic carbocycles. The highest BCUT2D eigenvalue weighted by atomic mass is 16.5. The van der Waals surface area contributed by atoms with Crippen LogP contribution in [0.3, 0.4) is 0 Å². The molecule has 0 bridgehead atoms. The lowest BCUT2D eigenvalue weighted by molar-refractivity contribution is 0.311. The second kappa shape index (κ2) is 8.10. The van der Waals surface area contributed by atoms with Gasteiger partial charge in [-0.1, -0.05) is 30.3 Å². The number of ether oxygens (including phenoxy) is 1. The smallest absolute Gasteiger partial charge is 0.119 e. The van der Waals surface area contributed by atoms with Gasteiger partial charge >= 0.3 is 0 Å². The molecule has 0 spiro atoms. The normalized spacial score (nSPS) is 10.8. The molecule has 0 aromatic heterocycles. The van der Waals surface area contributed by atoms with Crippen molar-refractivity contribution in [2.24, 2.45) is 5.10 Å². The van der Waals surface area contributed by atoms with Gasteiger partial charge in [-0.3, -0.25) is 0 Å². The minimum absolute atomic E-state index is 0.736. The number of benzene rings is 2. The topological polar surface area (TPSA) is 24.8 Å². The van der Waals surface area contributed by atoms with Crippen molar-refractivity contribution in [3.8, 4) is 5.75 Å². The number of hydrazone groups is 1. The van der Waals surface area contributed by atoms with Crippen LogP contribution < -0.4 is 4.74 Å². The van der Waals surface area contributed by atoms with Crippen molar-refractivity contribution in [1.82, 2.24) is 5.01 Å². The Balaban J connectivity index is 1.74. The average Bonchev–Trinajstić information content (AvgIpc) is 2.52. The fourth-order valence-electron chi connectivity index (χ4n) is 1.94. The monoisotopic (exact) mass is 282 g/mol. The number of nitrogens with zero attached hydrogens (tertiary/aromatic N) is 2. The maximum absolute atomic E-state index is 5.75. The highest BCUT2D eigenvalue weighted by Crippen LogP contribution is 2.12. The second-order valence-electron chi connectivity index (χ2n) is 5.10. The fraction of sp³-hybridized carbons (Fsp3) is 0.278. The number of aryl methyl sites for hydroxylation is 1. The van der Waals surface area contributed by atoms with E-state index < -0.39 is 0 Å². The lowest BCUT2D eigenvalue weighted by atomic mass is 10.1. The van der Waals surface area contributed by atoms with Gasteiger partial charge in [0.2, 0.25) is 0 Å². The standard InChI is InChI=1S/C18H22N2O/c1-20(2)19-15-17-10-12-18(13-11-17)21-14-6-9-16-7-4-3-5-8-16/h3-5,7-8,10-13,15H,6,9,14H2,1-2H3/b19-15+. The average molecular weight is 282 g/mol. The molecule has 0 radical (unpaired) electrons. The maximum Gasteiger partial charge on any atom is 0.119 e. The number of hydrogen-bond donors (Lipinski definition) is 0.